The summed E-state index contributed by atoms with van der Waals surface area (Å²) in [7, 11) is 2.07. The Morgan fingerprint density at radius 1 is 1.16 bits per heavy atom. The Balaban J connectivity index is 1.57. The first-order valence-corrected chi connectivity index (χ1v) is 8.35. The molecule has 4 rings (SSSR count). The van der Waals surface area contributed by atoms with Crippen molar-refractivity contribution in [3.05, 3.63) is 70.9 Å². The van der Waals surface area contributed by atoms with Gasteiger partial charge in [-0.2, -0.15) is 0 Å². The lowest BCUT2D eigenvalue weighted by molar-refractivity contribution is 0.0933. The lowest BCUT2D eigenvalue weighted by atomic mass is 9.91. The number of benzene rings is 2. The van der Waals surface area contributed by atoms with E-state index in [1.807, 2.05) is 12.1 Å². The molecule has 0 radical (unpaired) electrons. The Labute approximate surface area is 144 Å². The topological polar surface area (TPSA) is 34.0 Å². The monoisotopic (exact) mass is 340 g/mol. The predicted molar refractivity (Wildman–Crippen MR) is 92.6 cm³/mol. The average Bonchev–Trinajstić information content (AvgIpc) is 2.90. The standard InChI is InChI=1S/C20H18F2N2O/c1-24-18-5-3-2-4-14(18)15-11-13(7-9-19(15)24)23-20(25)12-6-8-16(21)17(22)10-12/h2-6,8,10,13H,7,9,11H2,1H3,(H,23,25). The molecule has 3 aromatic rings. The molecule has 1 aliphatic rings. The Kier molecular flexibility index (Phi) is 3.79. The van der Waals surface area contributed by atoms with Gasteiger partial charge < -0.3 is 9.88 Å². The summed E-state index contributed by atoms with van der Waals surface area (Å²) in [6.45, 7) is 0. The zero-order valence-electron chi connectivity index (χ0n) is 13.9. The molecule has 128 valence electrons. The van der Waals surface area contributed by atoms with Gasteiger partial charge in [-0.05, 0) is 49.1 Å². The summed E-state index contributed by atoms with van der Waals surface area (Å²) in [5.74, 6) is -2.32. The first kappa shape index (κ1) is 15.8. The van der Waals surface area contributed by atoms with Crippen LogP contribution in [0.4, 0.5) is 8.78 Å². The molecule has 1 aromatic heterocycles. The summed E-state index contributed by atoms with van der Waals surface area (Å²) in [5, 5.41) is 4.17. The predicted octanol–water partition coefficient (Wildman–Crippen LogP) is 3.74. The molecule has 1 aliphatic carbocycles. The molecule has 1 amide bonds. The summed E-state index contributed by atoms with van der Waals surface area (Å²) < 4.78 is 28.6. The van der Waals surface area contributed by atoms with Crippen molar-refractivity contribution in [3.63, 3.8) is 0 Å². The third-order valence-corrected chi connectivity index (χ3v) is 5.04. The maximum absolute atomic E-state index is 13.3. The van der Waals surface area contributed by atoms with E-state index >= 15 is 0 Å². The summed E-state index contributed by atoms with van der Waals surface area (Å²) >= 11 is 0. The van der Waals surface area contributed by atoms with Gasteiger partial charge in [0.2, 0.25) is 0 Å². The van der Waals surface area contributed by atoms with E-state index in [1.165, 1.54) is 28.2 Å². The highest BCUT2D eigenvalue weighted by Gasteiger charge is 2.25. The highest BCUT2D eigenvalue weighted by atomic mass is 19.2. The van der Waals surface area contributed by atoms with E-state index in [0.29, 0.717) is 0 Å². The van der Waals surface area contributed by atoms with Crippen LogP contribution in [0, 0.1) is 11.6 Å². The number of amides is 1. The average molecular weight is 340 g/mol. The molecule has 0 aliphatic heterocycles. The largest absolute Gasteiger partial charge is 0.349 e. The number of carbonyl (C=O) groups excluding carboxylic acids is 1. The number of hydrogen-bond acceptors (Lipinski definition) is 1. The van der Waals surface area contributed by atoms with Gasteiger partial charge in [-0.15, -0.1) is 0 Å². The molecular weight excluding hydrogens is 322 g/mol. The van der Waals surface area contributed by atoms with Crippen LogP contribution in [-0.2, 0) is 19.9 Å². The van der Waals surface area contributed by atoms with Gasteiger partial charge in [0.1, 0.15) is 0 Å². The fourth-order valence-electron chi connectivity index (χ4n) is 3.76. The number of nitrogens with zero attached hydrogens (tertiary/aromatic N) is 1. The van der Waals surface area contributed by atoms with Crippen LogP contribution in [-0.4, -0.2) is 16.5 Å². The van der Waals surface area contributed by atoms with Crippen molar-refractivity contribution in [1.82, 2.24) is 9.88 Å². The molecule has 0 saturated heterocycles. The van der Waals surface area contributed by atoms with Gasteiger partial charge >= 0.3 is 0 Å². The Bertz CT molecular complexity index is 977. The van der Waals surface area contributed by atoms with Crippen molar-refractivity contribution in [2.75, 3.05) is 0 Å². The summed E-state index contributed by atoms with van der Waals surface area (Å²) in [6, 6.07) is 11.5. The van der Waals surface area contributed by atoms with Gasteiger partial charge in [-0.3, -0.25) is 4.79 Å². The lowest BCUT2D eigenvalue weighted by Gasteiger charge is -2.24. The second-order valence-electron chi connectivity index (χ2n) is 6.54. The summed E-state index contributed by atoms with van der Waals surface area (Å²) in [4.78, 5) is 12.4. The van der Waals surface area contributed by atoms with E-state index < -0.39 is 11.6 Å². The molecule has 25 heavy (non-hydrogen) atoms. The minimum atomic E-state index is -1.01. The number of rotatable bonds is 2. The molecule has 1 heterocycles. The molecule has 2 aromatic carbocycles. The summed E-state index contributed by atoms with van der Waals surface area (Å²) in [6.07, 6.45) is 2.45. The maximum atomic E-state index is 13.3. The van der Waals surface area contributed by atoms with Crippen LogP contribution >= 0.6 is 0 Å². The highest BCUT2D eigenvalue weighted by Crippen LogP contribution is 2.31. The molecule has 1 N–H and O–H groups in total. The van der Waals surface area contributed by atoms with Crippen molar-refractivity contribution in [2.24, 2.45) is 7.05 Å². The van der Waals surface area contributed by atoms with Crippen molar-refractivity contribution in [3.8, 4) is 0 Å². The SMILES string of the molecule is Cn1c2c(c3ccccc31)CC(NC(=O)c1ccc(F)c(F)c1)CC2. The fraction of sp³-hybridized carbons (Fsp3) is 0.250. The molecule has 3 nitrogen and oxygen atoms in total. The zero-order valence-corrected chi connectivity index (χ0v) is 13.9. The van der Waals surface area contributed by atoms with E-state index in [2.05, 4.69) is 29.1 Å². The molecule has 0 saturated carbocycles. The minimum Gasteiger partial charge on any atom is -0.349 e. The molecule has 1 atom stereocenters. The van der Waals surface area contributed by atoms with Crippen molar-refractivity contribution in [2.45, 2.75) is 25.3 Å². The number of aryl methyl sites for hydroxylation is 1. The molecule has 0 bridgehead atoms. The summed E-state index contributed by atoms with van der Waals surface area (Å²) in [5.41, 5.74) is 3.90. The third-order valence-electron chi connectivity index (χ3n) is 5.04. The van der Waals surface area contributed by atoms with E-state index in [1.54, 1.807) is 0 Å². The number of para-hydroxylation sites is 1. The van der Waals surface area contributed by atoms with E-state index in [9.17, 15) is 13.6 Å². The van der Waals surface area contributed by atoms with Gasteiger partial charge in [0.15, 0.2) is 11.6 Å². The molecular formula is C20H18F2N2O. The molecule has 5 heteroatoms. The Hall–Kier alpha value is -2.69. The number of aromatic nitrogens is 1. The van der Waals surface area contributed by atoms with Gasteiger partial charge in [0.05, 0.1) is 0 Å². The second-order valence-corrected chi connectivity index (χ2v) is 6.54. The van der Waals surface area contributed by atoms with Crippen LogP contribution in [0.2, 0.25) is 0 Å². The fourth-order valence-corrected chi connectivity index (χ4v) is 3.76. The normalized spacial score (nSPS) is 16.7. The van der Waals surface area contributed by atoms with Crippen LogP contribution in [0.1, 0.15) is 28.0 Å². The van der Waals surface area contributed by atoms with Crippen LogP contribution in [0.15, 0.2) is 42.5 Å². The first-order chi connectivity index (χ1) is 12.0. The van der Waals surface area contributed by atoms with Crippen LogP contribution in [0.5, 0.6) is 0 Å². The van der Waals surface area contributed by atoms with Gasteiger partial charge in [-0.1, -0.05) is 18.2 Å². The van der Waals surface area contributed by atoms with Crippen LogP contribution in [0.25, 0.3) is 10.9 Å². The van der Waals surface area contributed by atoms with E-state index in [4.69, 9.17) is 0 Å². The number of fused-ring (bicyclic) bond motifs is 3. The quantitative estimate of drug-likeness (QED) is 0.757. The van der Waals surface area contributed by atoms with Crippen molar-refractivity contribution in [1.29, 1.82) is 0 Å². The zero-order chi connectivity index (χ0) is 17.6. The van der Waals surface area contributed by atoms with Crippen LogP contribution < -0.4 is 5.32 Å². The van der Waals surface area contributed by atoms with Gasteiger partial charge in [-0.25, -0.2) is 8.78 Å². The van der Waals surface area contributed by atoms with Crippen molar-refractivity contribution >= 4 is 16.8 Å². The lowest BCUT2D eigenvalue weighted by Crippen LogP contribution is -2.39. The number of carbonyl (C=O) groups is 1. The first-order valence-electron chi connectivity index (χ1n) is 8.35. The van der Waals surface area contributed by atoms with Gasteiger partial charge in [0, 0.05) is 35.2 Å². The number of halogens is 2. The molecule has 0 spiro atoms. The van der Waals surface area contributed by atoms with Crippen LogP contribution in [0.3, 0.4) is 0 Å². The number of hydrogen-bond donors (Lipinski definition) is 1. The van der Waals surface area contributed by atoms with E-state index in [0.717, 1.165) is 31.4 Å². The highest BCUT2D eigenvalue weighted by molar-refractivity contribution is 5.94. The minimum absolute atomic E-state index is 0.0149. The maximum Gasteiger partial charge on any atom is 0.251 e. The van der Waals surface area contributed by atoms with Crippen molar-refractivity contribution < 1.29 is 13.6 Å². The van der Waals surface area contributed by atoms with E-state index in [-0.39, 0.29) is 17.5 Å². The number of nitrogens with one attached hydrogen (secondary N) is 1. The molecule has 0 fully saturated rings. The second kappa shape index (κ2) is 5.99. The van der Waals surface area contributed by atoms with Gasteiger partial charge in [0.25, 0.3) is 5.91 Å². The Morgan fingerprint density at radius 2 is 1.96 bits per heavy atom. The third kappa shape index (κ3) is 2.69. The Morgan fingerprint density at radius 3 is 2.76 bits per heavy atom. The smallest absolute Gasteiger partial charge is 0.251 e. The molecule has 1 unspecified atom stereocenters.